The molecule has 19 heavy (non-hydrogen) atoms. The van der Waals surface area contributed by atoms with Crippen LogP contribution in [-0.4, -0.2) is 37.5 Å². The van der Waals surface area contributed by atoms with Gasteiger partial charge in [0.25, 0.3) is 0 Å². The second-order valence-corrected chi connectivity index (χ2v) is 4.37. The Morgan fingerprint density at radius 1 is 1.11 bits per heavy atom. The van der Waals surface area contributed by atoms with Gasteiger partial charge in [-0.2, -0.15) is 0 Å². The van der Waals surface area contributed by atoms with Crippen molar-refractivity contribution in [1.29, 1.82) is 0 Å². The number of hydrogen-bond acceptors (Lipinski definition) is 4. The molecule has 0 bridgehead atoms. The molecule has 1 heterocycles. The normalized spacial score (nSPS) is 14.9. The molecule has 2 amide bonds. The highest BCUT2D eigenvalue weighted by Gasteiger charge is 2.28. The van der Waals surface area contributed by atoms with Gasteiger partial charge >= 0.3 is 0 Å². The number of methoxy groups -OCH3 is 2. The summed E-state index contributed by atoms with van der Waals surface area (Å²) >= 11 is 0. The zero-order valence-corrected chi connectivity index (χ0v) is 11.1. The van der Waals surface area contributed by atoms with Crippen molar-refractivity contribution in [2.45, 2.75) is 19.3 Å². The van der Waals surface area contributed by atoms with Gasteiger partial charge in [-0.25, -0.2) is 0 Å². The van der Waals surface area contributed by atoms with Crippen molar-refractivity contribution in [1.82, 2.24) is 4.90 Å². The van der Waals surface area contributed by atoms with Gasteiger partial charge in [0.15, 0.2) is 0 Å². The van der Waals surface area contributed by atoms with E-state index < -0.39 is 0 Å². The highest BCUT2D eigenvalue weighted by Crippen LogP contribution is 2.25. The number of benzene rings is 1. The SMILES string of the molecule is COc1ccc(CCN2C(=O)CCC2=O)c(OC)c1. The lowest BCUT2D eigenvalue weighted by molar-refractivity contribution is -0.138. The van der Waals surface area contributed by atoms with Gasteiger partial charge in [-0.1, -0.05) is 6.07 Å². The molecule has 0 unspecified atom stereocenters. The summed E-state index contributed by atoms with van der Waals surface area (Å²) in [6.45, 7) is 0.403. The minimum absolute atomic E-state index is 0.0857. The maximum absolute atomic E-state index is 11.5. The van der Waals surface area contributed by atoms with Crippen LogP contribution < -0.4 is 9.47 Å². The van der Waals surface area contributed by atoms with Gasteiger partial charge in [0.1, 0.15) is 11.5 Å². The Hall–Kier alpha value is -2.04. The van der Waals surface area contributed by atoms with Crippen molar-refractivity contribution in [3.05, 3.63) is 23.8 Å². The maximum atomic E-state index is 11.5. The Morgan fingerprint density at radius 2 is 1.79 bits per heavy atom. The number of ether oxygens (including phenoxy) is 2. The average Bonchev–Trinajstić information content (AvgIpc) is 2.75. The van der Waals surface area contributed by atoms with E-state index in [2.05, 4.69) is 0 Å². The summed E-state index contributed by atoms with van der Waals surface area (Å²) in [5, 5.41) is 0. The minimum atomic E-state index is -0.0857. The van der Waals surface area contributed by atoms with Crippen molar-refractivity contribution in [3.63, 3.8) is 0 Å². The van der Waals surface area contributed by atoms with Crippen LogP contribution in [0.4, 0.5) is 0 Å². The number of carbonyl (C=O) groups excluding carboxylic acids is 2. The molecule has 0 radical (unpaired) electrons. The lowest BCUT2D eigenvalue weighted by Crippen LogP contribution is -2.31. The van der Waals surface area contributed by atoms with Crippen LogP contribution in [-0.2, 0) is 16.0 Å². The van der Waals surface area contributed by atoms with Crippen molar-refractivity contribution in [3.8, 4) is 11.5 Å². The van der Waals surface area contributed by atoms with Gasteiger partial charge in [0.2, 0.25) is 11.8 Å². The molecule has 0 atom stereocenters. The first-order valence-electron chi connectivity index (χ1n) is 6.20. The lowest BCUT2D eigenvalue weighted by Gasteiger charge is -2.15. The van der Waals surface area contributed by atoms with Gasteiger partial charge in [-0.3, -0.25) is 14.5 Å². The summed E-state index contributed by atoms with van der Waals surface area (Å²) in [7, 11) is 3.18. The fraction of sp³-hybridized carbons (Fsp3) is 0.429. The summed E-state index contributed by atoms with van der Waals surface area (Å²) < 4.78 is 10.4. The molecule has 0 saturated carbocycles. The highest BCUT2D eigenvalue weighted by molar-refractivity contribution is 6.01. The smallest absolute Gasteiger partial charge is 0.229 e. The third kappa shape index (κ3) is 2.86. The van der Waals surface area contributed by atoms with Crippen LogP contribution in [0.2, 0.25) is 0 Å². The van der Waals surface area contributed by atoms with E-state index in [0.717, 1.165) is 5.56 Å². The number of rotatable bonds is 5. The molecule has 1 aromatic rings. The molecule has 102 valence electrons. The van der Waals surface area contributed by atoms with E-state index in [1.54, 1.807) is 20.3 Å². The van der Waals surface area contributed by atoms with Crippen molar-refractivity contribution in [2.75, 3.05) is 20.8 Å². The fourth-order valence-electron chi connectivity index (χ4n) is 2.16. The third-order valence-electron chi connectivity index (χ3n) is 3.25. The van der Waals surface area contributed by atoms with E-state index in [1.165, 1.54) is 4.90 Å². The Bertz CT molecular complexity index is 482. The molecule has 0 aromatic heterocycles. The number of nitrogens with zero attached hydrogens (tertiary/aromatic N) is 1. The molecule has 1 aliphatic heterocycles. The van der Waals surface area contributed by atoms with E-state index in [9.17, 15) is 9.59 Å². The van der Waals surface area contributed by atoms with Gasteiger partial charge in [-0.05, 0) is 18.1 Å². The average molecular weight is 263 g/mol. The molecule has 0 aliphatic carbocycles. The second kappa shape index (κ2) is 5.73. The van der Waals surface area contributed by atoms with Crippen molar-refractivity contribution < 1.29 is 19.1 Å². The molecule has 1 aliphatic rings. The first kappa shape index (κ1) is 13.4. The standard InChI is InChI=1S/C14H17NO4/c1-18-11-4-3-10(12(9-11)19-2)7-8-15-13(16)5-6-14(15)17/h3-4,9H,5-8H2,1-2H3. The predicted molar refractivity (Wildman–Crippen MR) is 69.2 cm³/mol. The number of hydrogen-bond donors (Lipinski definition) is 0. The first-order valence-corrected chi connectivity index (χ1v) is 6.20. The summed E-state index contributed by atoms with van der Waals surface area (Å²) in [5.41, 5.74) is 0.954. The molecule has 5 heteroatoms. The number of imide groups is 1. The summed E-state index contributed by atoms with van der Waals surface area (Å²) in [6.07, 6.45) is 1.25. The summed E-state index contributed by atoms with van der Waals surface area (Å²) in [6, 6.07) is 5.52. The lowest BCUT2D eigenvalue weighted by atomic mass is 10.1. The van der Waals surface area contributed by atoms with Crippen LogP contribution in [0, 0.1) is 0 Å². The molecule has 0 spiro atoms. The fourth-order valence-corrected chi connectivity index (χ4v) is 2.16. The number of likely N-dealkylation sites (tertiary alicyclic amines) is 1. The quantitative estimate of drug-likeness (QED) is 0.753. The topological polar surface area (TPSA) is 55.8 Å². The van der Waals surface area contributed by atoms with Crippen LogP contribution in [0.3, 0.4) is 0 Å². The number of amides is 2. The largest absolute Gasteiger partial charge is 0.497 e. The molecule has 0 N–H and O–H groups in total. The molecule has 5 nitrogen and oxygen atoms in total. The van der Waals surface area contributed by atoms with E-state index in [1.807, 2.05) is 12.1 Å². The van der Waals surface area contributed by atoms with Gasteiger partial charge in [0.05, 0.1) is 14.2 Å². The van der Waals surface area contributed by atoms with Crippen LogP contribution in [0.15, 0.2) is 18.2 Å². The molecule has 2 rings (SSSR count). The van der Waals surface area contributed by atoms with Crippen LogP contribution in [0.1, 0.15) is 18.4 Å². The van der Waals surface area contributed by atoms with Gasteiger partial charge < -0.3 is 9.47 Å². The highest BCUT2D eigenvalue weighted by atomic mass is 16.5. The van der Waals surface area contributed by atoms with E-state index >= 15 is 0 Å². The van der Waals surface area contributed by atoms with Crippen molar-refractivity contribution in [2.24, 2.45) is 0 Å². The predicted octanol–water partition coefficient (Wildman–Crippen LogP) is 1.40. The number of carbonyl (C=O) groups is 2. The Balaban J connectivity index is 2.07. The van der Waals surface area contributed by atoms with E-state index in [0.29, 0.717) is 37.3 Å². The molecular formula is C14H17NO4. The molecule has 1 saturated heterocycles. The molecule has 1 aromatic carbocycles. The van der Waals surface area contributed by atoms with E-state index in [4.69, 9.17) is 9.47 Å². The minimum Gasteiger partial charge on any atom is -0.497 e. The third-order valence-corrected chi connectivity index (χ3v) is 3.25. The molecule has 1 fully saturated rings. The van der Waals surface area contributed by atoms with Crippen LogP contribution in [0.5, 0.6) is 11.5 Å². The Morgan fingerprint density at radius 3 is 2.37 bits per heavy atom. The van der Waals surface area contributed by atoms with Crippen LogP contribution >= 0.6 is 0 Å². The van der Waals surface area contributed by atoms with Gasteiger partial charge in [0, 0.05) is 25.5 Å². The Kier molecular flexibility index (Phi) is 4.04. The second-order valence-electron chi connectivity index (χ2n) is 4.37. The molecular weight excluding hydrogens is 246 g/mol. The maximum Gasteiger partial charge on any atom is 0.229 e. The van der Waals surface area contributed by atoms with Crippen LogP contribution in [0.25, 0.3) is 0 Å². The van der Waals surface area contributed by atoms with Crippen molar-refractivity contribution >= 4 is 11.8 Å². The summed E-state index contributed by atoms with van der Waals surface area (Å²) in [4.78, 5) is 24.4. The monoisotopic (exact) mass is 263 g/mol. The zero-order chi connectivity index (χ0) is 13.8. The first-order chi connectivity index (χ1) is 9.15. The summed E-state index contributed by atoms with van der Waals surface area (Å²) in [5.74, 6) is 1.25. The zero-order valence-electron chi connectivity index (χ0n) is 11.1. The van der Waals surface area contributed by atoms with Gasteiger partial charge in [-0.15, -0.1) is 0 Å². The Labute approximate surface area is 112 Å². The van der Waals surface area contributed by atoms with E-state index in [-0.39, 0.29) is 11.8 Å².